The maximum atomic E-state index is 6.49. The van der Waals surface area contributed by atoms with E-state index in [1.807, 2.05) is 11.3 Å². The molecule has 1 aliphatic carbocycles. The number of fused-ring (bicyclic) bond motifs is 1. The lowest BCUT2D eigenvalue weighted by molar-refractivity contribution is 0.427. The average Bonchev–Trinajstić information content (AvgIpc) is 2.94. The normalized spacial score (nSPS) is 19.8. The minimum atomic E-state index is 0.388. The van der Waals surface area contributed by atoms with Crippen molar-refractivity contribution in [1.29, 1.82) is 0 Å². The Morgan fingerprint density at radius 2 is 1.95 bits per heavy atom. The van der Waals surface area contributed by atoms with Crippen LogP contribution in [0.3, 0.4) is 0 Å². The summed E-state index contributed by atoms with van der Waals surface area (Å²) in [4.78, 5) is 1.61. The van der Waals surface area contributed by atoms with Crippen LogP contribution in [0.2, 0.25) is 0 Å². The van der Waals surface area contributed by atoms with E-state index in [4.69, 9.17) is 5.73 Å². The summed E-state index contributed by atoms with van der Waals surface area (Å²) in [6.07, 6.45) is 14.8. The van der Waals surface area contributed by atoms with Gasteiger partial charge in [-0.2, -0.15) is 0 Å². The smallest absolute Gasteiger partial charge is 0.0108 e. The maximum Gasteiger partial charge on any atom is 0.0108 e. The molecule has 114 valence electrons. The molecule has 2 unspecified atom stereocenters. The van der Waals surface area contributed by atoms with Crippen molar-refractivity contribution in [3.63, 3.8) is 0 Å². The zero-order chi connectivity index (χ0) is 14.2. The highest BCUT2D eigenvalue weighted by atomic mass is 32.1. The molecule has 0 amide bonds. The van der Waals surface area contributed by atoms with Crippen LogP contribution < -0.4 is 5.73 Å². The Morgan fingerprint density at radius 1 is 1.20 bits per heavy atom. The predicted octanol–water partition coefficient (Wildman–Crippen LogP) is 5.64. The van der Waals surface area contributed by atoms with Gasteiger partial charge >= 0.3 is 0 Å². The number of aryl methyl sites for hydroxylation is 1. The highest BCUT2D eigenvalue weighted by molar-refractivity contribution is 7.10. The summed E-state index contributed by atoms with van der Waals surface area (Å²) < 4.78 is 0. The maximum absolute atomic E-state index is 6.49. The second kappa shape index (κ2) is 8.84. The van der Waals surface area contributed by atoms with Crippen molar-refractivity contribution < 1.29 is 0 Å². The summed E-state index contributed by atoms with van der Waals surface area (Å²) in [6, 6.07) is 2.72. The highest BCUT2D eigenvalue weighted by Gasteiger charge is 2.25. The van der Waals surface area contributed by atoms with Crippen molar-refractivity contribution in [2.45, 2.75) is 89.5 Å². The summed E-state index contributed by atoms with van der Waals surface area (Å²) in [7, 11) is 0. The number of unbranched alkanes of at least 4 members (excludes halogenated alkanes) is 6. The monoisotopic (exact) mass is 293 g/mol. The first-order valence-electron chi connectivity index (χ1n) is 8.64. The second-order valence-electron chi connectivity index (χ2n) is 6.37. The van der Waals surface area contributed by atoms with Gasteiger partial charge in [0, 0.05) is 16.8 Å². The van der Waals surface area contributed by atoms with E-state index >= 15 is 0 Å². The number of nitrogens with two attached hydrogens (primary N) is 1. The van der Waals surface area contributed by atoms with Crippen LogP contribution in [0, 0.1) is 0 Å². The van der Waals surface area contributed by atoms with E-state index in [9.17, 15) is 0 Å². The molecule has 1 heterocycles. The molecule has 0 spiro atoms. The number of hydrogen-bond acceptors (Lipinski definition) is 2. The average molecular weight is 294 g/mol. The van der Waals surface area contributed by atoms with Crippen LogP contribution in [-0.2, 0) is 6.42 Å². The van der Waals surface area contributed by atoms with E-state index in [0.717, 1.165) is 0 Å². The molecule has 20 heavy (non-hydrogen) atoms. The zero-order valence-electron chi connectivity index (χ0n) is 13.1. The van der Waals surface area contributed by atoms with Gasteiger partial charge in [0.1, 0.15) is 0 Å². The van der Waals surface area contributed by atoms with Crippen LogP contribution in [-0.4, -0.2) is 6.04 Å². The summed E-state index contributed by atoms with van der Waals surface area (Å²) in [5.74, 6) is 0.644. The van der Waals surface area contributed by atoms with Gasteiger partial charge in [0.05, 0.1) is 0 Å². The second-order valence-corrected chi connectivity index (χ2v) is 7.37. The van der Waals surface area contributed by atoms with Gasteiger partial charge in [-0.25, -0.2) is 0 Å². The lowest BCUT2D eigenvalue weighted by Gasteiger charge is -2.28. The summed E-state index contributed by atoms with van der Waals surface area (Å²) in [5.41, 5.74) is 8.07. The molecule has 2 rings (SSSR count). The molecule has 2 N–H and O–H groups in total. The van der Waals surface area contributed by atoms with E-state index in [1.165, 1.54) is 70.6 Å². The minimum absolute atomic E-state index is 0.388. The molecule has 1 aromatic heterocycles. The van der Waals surface area contributed by atoms with Crippen LogP contribution in [0.25, 0.3) is 0 Å². The summed E-state index contributed by atoms with van der Waals surface area (Å²) in [6.45, 7) is 2.28. The van der Waals surface area contributed by atoms with Gasteiger partial charge < -0.3 is 5.73 Å². The quantitative estimate of drug-likeness (QED) is 0.586. The van der Waals surface area contributed by atoms with Crippen molar-refractivity contribution in [2.24, 2.45) is 5.73 Å². The lowest BCUT2D eigenvalue weighted by Crippen LogP contribution is -2.30. The predicted molar refractivity (Wildman–Crippen MR) is 90.6 cm³/mol. The SMILES string of the molecule is CCCCCCCCCC(N)C1CCCc2sccc21. The van der Waals surface area contributed by atoms with E-state index in [-0.39, 0.29) is 0 Å². The van der Waals surface area contributed by atoms with Crippen LogP contribution in [0.4, 0.5) is 0 Å². The Bertz CT molecular complexity index is 371. The minimum Gasteiger partial charge on any atom is -0.327 e. The van der Waals surface area contributed by atoms with E-state index in [2.05, 4.69) is 18.4 Å². The van der Waals surface area contributed by atoms with Crippen molar-refractivity contribution >= 4 is 11.3 Å². The van der Waals surface area contributed by atoms with Gasteiger partial charge in [0.15, 0.2) is 0 Å². The molecule has 0 radical (unpaired) electrons. The van der Waals surface area contributed by atoms with E-state index < -0.39 is 0 Å². The number of hydrogen-bond donors (Lipinski definition) is 1. The van der Waals surface area contributed by atoms with Crippen LogP contribution in [0.1, 0.15) is 87.5 Å². The van der Waals surface area contributed by atoms with Crippen molar-refractivity contribution in [1.82, 2.24) is 0 Å². The standard InChI is InChI=1S/C18H31NS/c1-2-3-4-5-6-7-8-11-17(19)15-10-9-12-18-16(15)13-14-20-18/h13-15,17H,2-12,19H2,1H3. The van der Waals surface area contributed by atoms with E-state index in [1.54, 1.807) is 10.4 Å². The Balaban J connectivity index is 1.65. The number of rotatable bonds is 9. The van der Waals surface area contributed by atoms with Gasteiger partial charge in [0.25, 0.3) is 0 Å². The van der Waals surface area contributed by atoms with E-state index in [0.29, 0.717) is 12.0 Å². The topological polar surface area (TPSA) is 26.0 Å². The lowest BCUT2D eigenvalue weighted by atomic mass is 9.81. The zero-order valence-corrected chi connectivity index (χ0v) is 13.9. The third-order valence-corrected chi connectivity index (χ3v) is 5.75. The van der Waals surface area contributed by atoms with Gasteiger partial charge in [-0.3, -0.25) is 0 Å². The molecular weight excluding hydrogens is 262 g/mol. The fourth-order valence-corrected chi connectivity index (χ4v) is 4.50. The first-order valence-corrected chi connectivity index (χ1v) is 9.52. The Hall–Kier alpha value is -0.340. The molecular formula is C18H31NS. The first-order chi connectivity index (χ1) is 9.83. The molecule has 0 fully saturated rings. The molecule has 0 saturated carbocycles. The van der Waals surface area contributed by atoms with Crippen LogP contribution >= 0.6 is 11.3 Å². The number of thiophene rings is 1. The molecule has 0 aliphatic heterocycles. The molecule has 1 aromatic rings. The summed E-state index contributed by atoms with van der Waals surface area (Å²) in [5, 5.41) is 2.25. The first kappa shape index (κ1) is 16.0. The highest BCUT2D eigenvalue weighted by Crippen LogP contribution is 2.37. The fourth-order valence-electron chi connectivity index (χ4n) is 3.51. The third-order valence-electron chi connectivity index (χ3n) is 4.76. The third kappa shape index (κ3) is 4.60. The van der Waals surface area contributed by atoms with Crippen molar-refractivity contribution in [3.05, 3.63) is 21.9 Å². The molecule has 1 nitrogen and oxygen atoms in total. The Kier molecular flexibility index (Phi) is 7.09. The Morgan fingerprint density at radius 3 is 2.75 bits per heavy atom. The van der Waals surface area contributed by atoms with Crippen LogP contribution in [0.5, 0.6) is 0 Å². The van der Waals surface area contributed by atoms with Gasteiger partial charge in [-0.05, 0) is 42.7 Å². The van der Waals surface area contributed by atoms with Crippen molar-refractivity contribution in [3.8, 4) is 0 Å². The largest absolute Gasteiger partial charge is 0.327 e. The van der Waals surface area contributed by atoms with Gasteiger partial charge in [-0.15, -0.1) is 11.3 Å². The molecule has 1 aliphatic rings. The molecule has 0 bridgehead atoms. The molecule has 0 saturated heterocycles. The van der Waals surface area contributed by atoms with Gasteiger partial charge in [-0.1, -0.05) is 51.9 Å². The van der Waals surface area contributed by atoms with Gasteiger partial charge in [0.2, 0.25) is 0 Å². The fraction of sp³-hybridized carbons (Fsp3) is 0.778. The van der Waals surface area contributed by atoms with Crippen LogP contribution in [0.15, 0.2) is 11.4 Å². The molecule has 0 aromatic carbocycles. The molecule has 2 atom stereocenters. The summed E-state index contributed by atoms with van der Waals surface area (Å²) >= 11 is 1.93. The van der Waals surface area contributed by atoms with Crippen molar-refractivity contribution in [2.75, 3.05) is 0 Å². The Labute approximate surface area is 129 Å². The molecule has 2 heteroatoms.